The van der Waals surface area contributed by atoms with Crippen molar-refractivity contribution in [3.05, 3.63) is 45.5 Å². The first-order valence-corrected chi connectivity index (χ1v) is 4.62. The Bertz CT molecular complexity index is 517. The molecule has 16 heavy (non-hydrogen) atoms. The van der Waals surface area contributed by atoms with Crippen molar-refractivity contribution in [3.8, 4) is 6.07 Å². The quantitative estimate of drug-likeness (QED) is 0.282. The lowest BCUT2D eigenvalue weighted by atomic mass is 10.1. The molecule has 5 nitrogen and oxygen atoms in total. The summed E-state index contributed by atoms with van der Waals surface area (Å²) in [6, 6.07) is 7.83. The minimum Gasteiger partial charge on any atom is -0.389 e. The Morgan fingerprint density at radius 3 is 2.69 bits per heavy atom. The van der Waals surface area contributed by atoms with E-state index in [9.17, 15) is 10.1 Å². The van der Waals surface area contributed by atoms with E-state index in [1.165, 1.54) is 18.2 Å². The van der Waals surface area contributed by atoms with Gasteiger partial charge in [-0.15, -0.1) is 0 Å². The molecule has 0 atom stereocenters. The van der Waals surface area contributed by atoms with Gasteiger partial charge in [0.2, 0.25) is 0 Å². The van der Waals surface area contributed by atoms with Crippen LogP contribution in [0.2, 0.25) is 0 Å². The average Bonchev–Trinajstić information content (AvgIpc) is 2.25. The fourth-order valence-electron chi connectivity index (χ4n) is 1.09. The van der Waals surface area contributed by atoms with Crippen molar-refractivity contribution < 1.29 is 4.92 Å². The summed E-state index contributed by atoms with van der Waals surface area (Å²) in [6.07, 6.45) is 1.31. The van der Waals surface area contributed by atoms with Gasteiger partial charge in [-0.25, -0.2) is 0 Å². The summed E-state index contributed by atoms with van der Waals surface area (Å²) >= 11 is 4.64. The zero-order valence-corrected chi connectivity index (χ0v) is 8.90. The average molecular weight is 233 g/mol. The monoisotopic (exact) mass is 233 g/mol. The zero-order chi connectivity index (χ0) is 12.1. The van der Waals surface area contributed by atoms with Gasteiger partial charge in [-0.2, -0.15) is 5.26 Å². The van der Waals surface area contributed by atoms with Crippen LogP contribution in [0.25, 0.3) is 6.08 Å². The molecule has 2 N–H and O–H groups in total. The van der Waals surface area contributed by atoms with Crippen molar-refractivity contribution in [1.82, 2.24) is 0 Å². The predicted molar refractivity (Wildman–Crippen MR) is 63.5 cm³/mol. The summed E-state index contributed by atoms with van der Waals surface area (Å²) in [6.45, 7) is 0. The van der Waals surface area contributed by atoms with Crippen LogP contribution >= 0.6 is 12.2 Å². The van der Waals surface area contributed by atoms with Crippen molar-refractivity contribution >= 4 is 29.0 Å². The molecular weight excluding hydrogens is 226 g/mol. The van der Waals surface area contributed by atoms with E-state index in [0.717, 1.165) is 0 Å². The molecule has 80 valence electrons. The predicted octanol–water partition coefficient (Wildman–Crippen LogP) is 1.79. The number of nitrogens with two attached hydrogens (primary N) is 1. The Morgan fingerprint density at radius 1 is 1.56 bits per heavy atom. The standard InChI is InChI=1S/C10H7N3O2S/c11-6-8(10(12)16)5-7-3-1-2-4-9(7)13(14)15/h1-5H,(H2,12,16)/b8-5+. The highest BCUT2D eigenvalue weighted by Crippen LogP contribution is 2.20. The van der Waals surface area contributed by atoms with Gasteiger partial charge >= 0.3 is 0 Å². The second-order valence-electron chi connectivity index (χ2n) is 2.85. The van der Waals surface area contributed by atoms with Crippen molar-refractivity contribution in [3.63, 3.8) is 0 Å². The Balaban J connectivity index is 3.30. The van der Waals surface area contributed by atoms with E-state index in [4.69, 9.17) is 11.0 Å². The maximum Gasteiger partial charge on any atom is 0.276 e. The molecule has 6 heteroatoms. The van der Waals surface area contributed by atoms with Gasteiger partial charge < -0.3 is 5.73 Å². The van der Waals surface area contributed by atoms with Crippen molar-refractivity contribution in [2.24, 2.45) is 5.73 Å². The molecule has 0 amide bonds. The fraction of sp³-hybridized carbons (Fsp3) is 0. The molecule has 0 aliphatic heterocycles. The molecule has 1 aromatic carbocycles. The Labute approximate surface area is 96.9 Å². The number of benzene rings is 1. The van der Waals surface area contributed by atoms with Crippen molar-refractivity contribution in [2.75, 3.05) is 0 Å². The van der Waals surface area contributed by atoms with Gasteiger partial charge in [-0.1, -0.05) is 24.4 Å². The number of rotatable bonds is 3. The number of nitro groups is 1. The van der Waals surface area contributed by atoms with Gasteiger partial charge in [0.15, 0.2) is 0 Å². The minimum atomic E-state index is -0.527. The van der Waals surface area contributed by atoms with Crippen LogP contribution in [0, 0.1) is 21.4 Å². The second kappa shape index (κ2) is 5.00. The van der Waals surface area contributed by atoms with Gasteiger partial charge in [0.05, 0.1) is 16.1 Å². The van der Waals surface area contributed by atoms with Crippen LogP contribution in [0.5, 0.6) is 0 Å². The highest BCUT2D eigenvalue weighted by atomic mass is 32.1. The molecule has 0 heterocycles. The highest BCUT2D eigenvalue weighted by Gasteiger charge is 2.11. The largest absolute Gasteiger partial charge is 0.389 e. The number of thiocarbonyl (C=S) groups is 1. The summed E-state index contributed by atoms with van der Waals surface area (Å²) in [4.78, 5) is 10.1. The lowest BCUT2D eigenvalue weighted by Crippen LogP contribution is -2.09. The molecule has 0 spiro atoms. The topological polar surface area (TPSA) is 92.9 Å². The molecule has 0 aromatic heterocycles. The lowest BCUT2D eigenvalue weighted by Gasteiger charge is -1.98. The van der Waals surface area contributed by atoms with Gasteiger partial charge in [0.1, 0.15) is 11.1 Å². The first-order valence-electron chi connectivity index (χ1n) is 4.21. The summed E-state index contributed by atoms with van der Waals surface area (Å²) in [7, 11) is 0. The van der Waals surface area contributed by atoms with Crippen LogP contribution in [0.4, 0.5) is 5.69 Å². The molecule has 1 rings (SSSR count). The van der Waals surface area contributed by atoms with Crippen molar-refractivity contribution in [2.45, 2.75) is 0 Å². The number of nitriles is 1. The van der Waals surface area contributed by atoms with Crippen LogP contribution in [0.1, 0.15) is 5.56 Å². The Kier molecular flexibility index (Phi) is 3.69. The van der Waals surface area contributed by atoms with Gasteiger partial charge in [-0.05, 0) is 12.1 Å². The van der Waals surface area contributed by atoms with E-state index in [0.29, 0.717) is 5.56 Å². The van der Waals surface area contributed by atoms with E-state index in [1.807, 2.05) is 0 Å². The van der Waals surface area contributed by atoms with Gasteiger partial charge in [0.25, 0.3) is 5.69 Å². The number of nitro benzene ring substituents is 1. The fourth-order valence-corrected chi connectivity index (χ4v) is 1.19. The Morgan fingerprint density at radius 2 is 2.19 bits per heavy atom. The van der Waals surface area contributed by atoms with Crippen LogP contribution in [0.15, 0.2) is 29.8 Å². The van der Waals surface area contributed by atoms with E-state index in [1.54, 1.807) is 18.2 Å². The Hall–Kier alpha value is -2.26. The highest BCUT2D eigenvalue weighted by molar-refractivity contribution is 7.80. The number of para-hydroxylation sites is 1. The number of hydrogen-bond acceptors (Lipinski definition) is 4. The molecule has 0 fully saturated rings. The first-order chi connectivity index (χ1) is 7.56. The summed E-state index contributed by atoms with van der Waals surface area (Å²) in [5.74, 6) is 0. The summed E-state index contributed by atoms with van der Waals surface area (Å²) in [5, 5.41) is 19.4. The zero-order valence-electron chi connectivity index (χ0n) is 8.08. The molecule has 0 radical (unpaired) electrons. The molecule has 0 aliphatic carbocycles. The lowest BCUT2D eigenvalue weighted by molar-refractivity contribution is -0.385. The minimum absolute atomic E-state index is 0.0456. The van der Waals surface area contributed by atoms with E-state index in [-0.39, 0.29) is 16.2 Å². The third-order valence-corrected chi connectivity index (χ3v) is 2.04. The number of nitrogens with zero attached hydrogens (tertiary/aromatic N) is 2. The SMILES string of the molecule is N#C/C(=C\c1ccccc1[N+](=O)[O-])C(N)=S. The normalized spacial score (nSPS) is 10.6. The van der Waals surface area contributed by atoms with Gasteiger partial charge in [0, 0.05) is 6.07 Å². The molecule has 1 aromatic rings. The van der Waals surface area contributed by atoms with Crippen LogP contribution in [0.3, 0.4) is 0 Å². The van der Waals surface area contributed by atoms with E-state index >= 15 is 0 Å². The third kappa shape index (κ3) is 2.62. The second-order valence-corrected chi connectivity index (χ2v) is 3.29. The van der Waals surface area contributed by atoms with Crippen LogP contribution in [-0.4, -0.2) is 9.91 Å². The molecule has 0 saturated carbocycles. The summed E-state index contributed by atoms with van der Waals surface area (Å²) in [5.41, 5.74) is 5.55. The van der Waals surface area contributed by atoms with Crippen LogP contribution in [-0.2, 0) is 0 Å². The molecule has 0 aliphatic rings. The maximum atomic E-state index is 10.7. The molecule has 0 bridgehead atoms. The molecule has 0 unspecified atom stereocenters. The third-order valence-electron chi connectivity index (χ3n) is 1.82. The van der Waals surface area contributed by atoms with Gasteiger partial charge in [-0.3, -0.25) is 10.1 Å². The molecular formula is C10H7N3O2S. The number of hydrogen-bond donors (Lipinski definition) is 1. The first kappa shape index (κ1) is 11.8. The van der Waals surface area contributed by atoms with E-state index < -0.39 is 4.92 Å². The summed E-state index contributed by atoms with van der Waals surface area (Å²) < 4.78 is 0. The maximum absolute atomic E-state index is 10.7. The van der Waals surface area contributed by atoms with Crippen LogP contribution < -0.4 is 5.73 Å². The van der Waals surface area contributed by atoms with Crippen molar-refractivity contribution in [1.29, 1.82) is 5.26 Å². The smallest absolute Gasteiger partial charge is 0.276 e. The van der Waals surface area contributed by atoms with E-state index in [2.05, 4.69) is 12.2 Å². The molecule has 0 saturated heterocycles.